The molecule has 1 fully saturated rings. The molecular weight excluding hydrogens is 180 g/mol. The van der Waals surface area contributed by atoms with Crippen molar-refractivity contribution in [2.24, 2.45) is 0 Å². The first-order valence-corrected chi connectivity index (χ1v) is 5.26. The molecule has 4 heteroatoms. The molecule has 0 spiro atoms. The summed E-state index contributed by atoms with van der Waals surface area (Å²) in [6.07, 6.45) is 3.29. The van der Waals surface area contributed by atoms with E-state index in [2.05, 4.69) is 10.6 Å². The van der Waals surface area contributed by atoms with Crippen molar-refractivity contribution >= 4 is 5.91 Å². The first-order chi connectivity index (χ1) is 6.74. The average molecular weight is 200 g/mol. The topological polar surface area (TPSA) is 50.4 Å². The third-order valence-electron chi connectivity index (χ3n) is 2.28. The van der Waals surface area contributed by atoms with Crippen molar-refractivity contribution in [2.75, 3.05) is 20.3 Å². The lowest BCUT2D eigenvalue weighted by Gasteiger charge is -2.13. The number of carbonyl (C=O) groups excluding carboxylic acids is 1. The Morgan fingerprint density at radius 2 is 2.29 bits per heavy atom. The van der Waals surface area contributed by atoms with Gasteiger partial charge in [0, 0.05) is 26.3 Å². The number of ether oxygens (including phenoxy) is 1. The molecule has 0 saturated heterocycles. The quantitative estimate of drug-likeness (QED) is 0.580. The van der Waals surface area contributed by atoms with Gasteiger partial charge < -0.3 is 15.4 Å². The maximum absolute atomic E-state index is 11.5. The molecule has 4 nitrogen and oxygen atoms in total. The highest BCUT2D eigenvalue weighted by atomic mass is 16.5. The molecule has 0 aromatic heterocycles. The van der Waals surface area contributed by atoms with Crippen molar-refractivity contribution < 1.29 is 9.53 Å². The number of nitrogens with one attached hydrogen (secondary N) is 2. The molecule has 1 amide bonds. The zero-order valence-corrected chi connectivity index (χ0v) is 9.01. The monoisotopic (exact) mass is 200 g/mol. The maximum Gasteiger partial charge on any atom is 0.236 e. The standard InChI is InChI=1S/C10H20N2O2/c1-8(12-9-4-5-9)10(13)11-6-3-7-14-2/h8-9,12H,3-7H2,1-2H3,(H,11,13). The van der Waals surface area contributed by atoms with Crippen LogP contribution in [0.5, 0.6) is 0 Å². The van der Waals surface area contributed by atoms with Crippen LogP contribution in [0.2, 0.25) is 0 Å². The molecule has 0 aromatic carbocycles. The lowest BCUT2D eigenvalue weighted by molar-refractivity contribution is -0.122. The van der Waals surface area contributed by atoms with Crippen LogP contribution in [0.4, 0.5) is 0 Å². The van der Waals surface area contributed by atoms with E-state index in [1.807, 2.05) is 6.92 Å². The fourth-order valence-electron chi connectivity index (χ4n) is 1.26. The SMILES string of the molecule is COCCCNC(=O)C(C)NC1CC1. The highest BCUT2D eigenvalue weighted by molar-refractivity contribution is 5.81. The number of methoxy groups -OCH3 is 1. The molecule has 0 bridgehead atoms. The van der Waals surface area contributed by atoms with Crippen molar-refractivity contribution in [1.82, 2.24) is 10.6 Å². The van der Waals surface area contributed by atoms with E-state index in [0.29, 0.717) is 19.2 Å². The van der Waals surface area contributed by atoms with Crippen LogP contribution in [0.15, 0.2) is 0 Å². The molecule has 1 rings (SSSR count). The predicted molar refractivity (Wildman–Crippen MR) is 55.1 cm³/mol. The molecular formula is C10H20N2O2. The summed E-state index contributed by atoms with van der Waals surface area (Å²) in [6, 6.07) is 0.514. The summed E-state index contributed by atoms with van der Waals surface area (Å²) >= 11 is 0. The van der Waals surface area contributed by atoms with Gasteiger partial charge in [-0.3, -0.25) is 4.79 Å². The van der Waals surface area contributed by atoms with E-state index in [4.69, 9.17) is 4.74 Å². The Morgan fingerprint density at radius 1 is 1.57 bits per heavy atom. The fraction of sp³-hybridized carbons (Fsp3) is 0.900. The van der Waals surface area contributed by atoms with Crippen molar-refractivity contribution in [2.45, 2.75) is 38.3 Å². The Labute approximate surface area is 85.4 Å². The molecule has 1 aliphatic rings. The first-order valence-electron chi connectivity index (χ1n) is 5.26. The van der Waals surface area contributed by atoms with Gasteiger partial charge in [0.2, 0.25) is 5.91 Å². The van der Waals surface area contributed by atoms with Gasteiger partial charge in [0.1, 0.15) is 0 Å². The fourth-order valence-corrected chi connectivity index (χ4v) is 1.26. The third kappa shape index (κ3) is 4.58. The predicted octanol–water partition coefficient (Wildman–Crippen LogP) is 0.280. The van der Waals surface area contributed by atoms with E-state index in [-0.39, 0.29) is 11.9 Å². The molecule has 2 N–H and O–H groups in total. The molecule has 82 valence electrons. The Hall–Kier alpha value is -0.610. The molecule has 1 saturated carbocycles. The van der Waals surface area contributed by atoms with Crippen molar-refractivity contribution in [3.8, 4) is 0 Å². The first kappa shape index (κ1) is 11.5. The van der Waals surface area contributed by atoms with Crippen LogP contribution in [0.25, 0.3) is 0 Å². The molecule has 1 aliphatic carbocycles. The zero-order chi connectivity index (χ0) is 10.4. The summed E-state index contributed by atoms with van der Waals surface area (Å²) in [5, 5.41) is 6.12. The van der Waals surface area contributed by atoms with E-state index < -0.39 is 0 Å². The highest BCUT2D eigenvalue weighted by Crippen LogP contribution is 2.19. The average Bonchev–Trinajstić information content (AvgIpc) is 2.96. The van der Waals surface area contributed by atoms with Crippen LogP contribution in [-0.2, 0) is 9.53 Å². The lowest BCUT2D eigenvalue weighted by Crippen LogP contribution is -2.43. The molecule has 0 radical (unpaired) electrons. The van der Waals surface area contributed by atoms with E-state index in [0.717, 1.165) is 6.42 Å². The molecule has 1 atom stereocenters. The smallest absolute Gasteiger partial charge is 0.236 e. The van der Waals surface area contributed by atoms with E-state index >= 15 is 0 Å². The number of amides is 1. The van der Waals surface area contributed by atoms with Crippen LogP contribution in [0.3, 0.4) is 0 Å². The molecule has 1 unspecified atom stereocenters. The van der Waals surface area contributed by atoms with Crippen LogP contribution >= 0.6 is 0 Å². The van der Waals surface area contributed by atoms with Crippen LogP contribution in [-0.4, -0.2) is 38.3 Å². The van der Waals surface area contributed by atoms with Crippen molar-refractivity contribution in [1.29, 1.82) is 0 Å². The molecule has 0 aliphatic heterocycles. The minimum atomic E-state index is -0.0648. The largest absolute Gasteiger partial charge is 0.385 e. The van der Waals surface area contributed by atoms with Crippen LogP contribution < -0.4 is 10.6 Å². The third-order valence-corrected chi connectivity index (χ3v) is 2.28. The molecule has 0 heterocycles. The van der Waals surface area contributed by atoms with Gasteiger partial charge in [-0.05, 0) is 26.2 Å². The van der Waals surface area contributed by atoms with Gasteiger partial charge in [-0.25, -0.2) is 0 Å². The summed E-state index contributed by atoms with van der Waals surface area (Å²) in [6.45, 7) is 3.30. The minimum Gasteiger partial charge on any atom is -0.385 e. The number of hydrogen-bond donors (Lipinski definition) is 2. The Morgan fingerprint density at radius 3 is 2.86 bits per heavy atom. The van der Waals surface area contributed by atoms with E-state index in [1.165, 1.54) is 12.8 Å². The van der Waals surface area contributed by atoms with Gasteiger partial charge in [0.15, 0.2) is 0 Å². The van der Waals surface area contributed by atoms with Crippen molar-refractivity contribution in [3.05, 3.63) is 0 Å². The number of carbonyl (C=O) groups is 1. The van der Waals surface area contributed by atoms with Gasteiger partial charge in [-0.15, -0.1) is 0 Å². The van der Waals surface area contributed by atoms with Gasteiger partial charge in [0.25, 0.3) is 0 Å². The Balaban J connectivity index is 2.00. The van der Waals surface area contributed by atoms with Gasteiger partial charge in [-0.1, -0.05) is 0 Å². The van der Waals surface area contributed by atoms with Crippen LogP contribution in [0.1, 0.15) is 26.2 Å². The summed E-state index contributed by atoms with van der Waals surface area (Å²) in [4.78, 5) is 11.5. The van der Waals surface area contributed by atoms with Gasteiger partial charge >= 0.3 is 0 Å². The van der Waals surface area contributed by atoms with E-state index in [9.17, 15) is 4.79 Å². The summed E-state index contributed by atoms with van der Waals surface area (Å²) in [5.74, 6) is 0.0907. The molecule has 0 aromatic rings. The highest BCUT2D eigenvalue weighted by Gasteiger charge is 2.25. The van der Waals surface area contributed by atoms with Crippen LogP contribution in [0, 0.1) is 0 Å². The molecule has 14 heavy (non-hydrogen) atoms. The lowest BCUT2D eigenvalue weighted by atomic mass is 10.3. The van der Waals surface area contributed by atoms with Gasteiger partial charge in [0.05, 0.1) is 6.04 Å². The van der Waals surface area contributed by atoms with E-state index in [1.54, 1.807) is 7.11 Å². The Bertz CT molecular complexity index is 181. The summed E-state index contributed by atoms with van der Waals surface area (Å²) in [5.41, 5.74) is 0. The second-order valence-corrected chi connectivity index (χ2v) is 3.80. The normalized spacial score (nSPS) is 17.9. The second kappa shape index (κ2) is 5.98. The maximum atomic E-state index is 11.5. The number of rotatable bonds is 7. The van der Waals surface area contributed by atoms with Crippen molar-refractivity contribution in [3.63, 3.8) is 0 Å². The van der Waals surface area contributed by atoms with Gasteiger partial charge in [-0.2, -0.15) is 0 Å². The second-order valence-electron chi connectivity index (χ2n) is 3.80. The summed E-state index contributed by atoms with van der Waals surface area (Å²) < 4.78 is 4.89. The summed E-state index contributed by atoms with van der Waals surface area (Å²) in [7, 11) is 1.67. The Kier molecular flexibility index (Phi) is 4.90. The minimum absolute atomic E-state index is 0.0648. The zero-order valence-electron chi connectivity index (χ0n) is 9.01. The number of hydrogen-bond acceptors (Lipinski definition) is 3.